The highest BCUT2D eigenvalue weighted by molar-refractivity contribution is 14.1. The van der Waals surface area contributed by atoms with Crippen LogP contribution in [-0.4, -0.2) is 19.2 Å². The summed E-state index contributed by atoms with van der Waals surface area (Å²) in [7, 11) is 0. The van der Waals surface area contributed by atoms with Gasteiger partial charge in [0.25, 0.3) is 0 Å². The van der Waals surface area contributed by atoms with E-state index in [0.717, 1.165) is 0 Å². The minimum Gasteiger partial charge on any atom is -0.434 e. The third-order valence-corrected chi connectivity index (χ3v) is 2.75. The summed E-state index contributed by atoms with van der Waals surface area (Å²) >= 11 is 1.67. The van der Waals surface area contributed by atoms with Gasteiger partial charge in [0.05, 0.1) is 3.57 Å². The number of ether oxygens (including phenoxy) is 1. The zero-order chi connectivity index (χ0) is 11.4. The second kappa shape index (κ2) is 5.15. The maximum absolute atomic E-state index is 11.9. The van der Waals surface area contributed by atoms with Crippen LogP contribution in [-0.2, 0) is 0 Å². The molecule has 0 aliphatic rings. The molecule has 15 heavy (non-hydrogen) atoms. The fourth-order valence-corrected chi connectivity index (χ4v) is 1.74. The first-order chi connectivity index (χ1) is 7.10. The van der Waals surface area contributed by atoms with Gasteiger partial charge in [0.15, 0.2) is 12.6 Å². The Bertz CT molecular complexity index is 393. The fourth-order valence-electron chi connectivity index (χ4n) is 0.997. The Hall–Kier alpha value is -1.05. The summed E-state index contributed by atoms with van der Waals surface area (Å²) in [6.07, 6.45) is 0.919. The number of halogens is 3. The standard InChI is InChI=1S/C9H5F2IO3/c10-9(11)15-7-2-1-5(3-13)6(4-14)8(7)12/h1-4,9H. The monoisotopic (exact) mass is 326 g/mol. The van der Waals surface area contributed by atoms with E-state index >= 15 is 0 Å². The number of aldehydes is 2. The van der Waals surface area contributed by atoms with Crippen LogP contribution < -0.4 is 4.74 Å². The number of rotatable bonds is 4. The molecule has 3 nitrogen and oxygen atoms in total. The highest BCUT2D eigenvalue weighted by Crippen LogP contribution is 2.27. The van der Waals surface area contributed by atoms with Gasteiger partial charge in [0.1, 0.15) is 5.75 Å². The van der Waals surface area contributed by atoms with Crippen molar-refractivity contribution >= 4 is 35.2 Å². The summed E-state index contributed by atoms with van der Waals surface area (Å²) in [6, 6.07) is 2.49. The predicted molar refractivity (Wildman–Crippen MR) is 56.6 cm³/mol. The second-order valence-electron chi connectivity index (χ2n) is 2.49. The Morgan fingerprint density at radius 1 is 1.27 bits per heavy atom. The third kappa shape index (κ3) is 2.71. The molecule has 6 heteroatoms. The Balaban J connectivity index is 3.22. The average Bonchev–Trinajstić information content (AvgIpc) is 2.20. The highest BCUT2D eigenvalue weighted by Gasteiger charge is 2.14. The van der Waals surface area contributed by atoms with Gasteiger partial charge < -0.3 is 4.74 Å². The van der Waals surface area contributed by atoms with Crippen LogP contribution in [0.5, 0.6) is 5.75 Å². The Kier molecular flexibility index (Phi) is 4.13. The molecular weight excluding hydrogens is 321 g/mol. The fraction of sp³-hybridized carbons (Fsp3) is 0.111. The molecule has 0 amide bonds. The molecule has 0 bridgehead atoms. The molecule has 1 aromatic carbocycles. The smallest absolute Gasteiger partial charge is 0.387 e. The van der Waals surface area contributed by atoms with E-state index in [0.29, 0.717) is 12.6 Å². The summed E-state index contributed by atoms with van der Waals surface area (Å²) in [6.45, 7) is -2.96. The van der Waals surface area contributed by atoms with Crippen molar-refractivity contribution < 1.29 is 23.1 Å². The molecule has 80 valence electrons. The zero-order valence-electron chi connectivity index (χ0n) is 7.25. The first-order valence-electron chi connectivity index (χ1n) is 3.77. The molecule has 0 N–H and O–H groups in total. The van der Waals surface area contributed by atoms with Crippen LogP contribution in [0, 0.1) is 3.57 Å². The molecule has 1 aromatic rings. The van der Waals surface area contributed by atoms with E-state index in [-0.39, 0.29) is 20.4 Å². The molecule has 0 aliphatic heterocycles. The van der Waals surface area contributed by atoms with Crippen LogP contribution in [0.3, 0.4) is 0 Å². The second-order valence-corrected chi connectivity index (χ2v) is 3.57. The summed E-state index contributed by atoms with van der Waals surface area (Å²) in [5.74, 6) is -0.113. The van der Waals surface area contributed by atoms with Gasteiger partial charge in [0, 0.05) is 11.1 Å². The van der Waals surface area contributed by atoms with Gasteiger partial charge in [-0.2, -0.15) is 8.78 Å². The molecule has 0 aliphatic carbocycles. The Morgan fingerprint density at radius 2 is 1.93 bits per heavy atom. The Labute approximate surface area is 97.6 Å². The van der Waals surface area contributed by atoms with Crippen LogP contribution in [0.1, 0.15) is 20.7 Å². The minimum absolute atomic E-state index is 0.0590. The SMILES string of the molecule is O=Cc1ccc(OC(F)F)c(I)c1C=O. The van der Waals surface area contributed by atoms with Crippen molar-refractivity contribution in [1.29, 1.82) is 0 Å². The van der Waals surface area contributed by atoms with Crippen molar-refractivity contribution in [3.05, 3.63) is 26.8 Å². The van der Waals surface area contributed by atoms with Crippen molar-refractivity contribution in [2.24, 2.45) is 0 Å². The van der Waals surface area contributed by atoms with Gasteiger partial charge in [0.2, 0.25) is 0 Å². The van der Waals surface area contributed by atoms with Crippen molar-refractivity contribution in [2.75, 3.05) is 0 Å². The molecule has 0 saturated heterocycles. The number of carbonyl (C=O) groups is 2. The average molecular weight is 326 g/mol. The summed E-state index contributed by atoms with van der Waals surface area (Å²) in [5.41, 5.74) is 0.208. The lowest BCUT2D eigenvalue weighted by Gasteiger charge is -2.09. The number of hydrogen-bond acceptors (Lipinski definition) is 3. The van der Waals surface area contributed by atoms with Crippen LogP contribution in [0.25, 0.3) is 0 Å². The van der Waals surface area contributed by atoms with Crippen LogP contribution in [0.4, 0.5) is 8.78 Å². The van der Waals surface area contributed by atoms with Gasteiger partial charge in [-0.1, -0.05) is 0 Å². The largest absolute Gasteiger partial charge is 0.434 e. The van der Waals surface area contributed by atoms with E-state index in [1.807, 2.05) is 0 Å². The van der Waals surface area contributed by atoms with E-state index in [1.54, 1.807) is 22.6 Å². The maximum Gasteiger partial charge on any atom is 0.387 e. The first-order valence-corrected chi connectivity index (χ1v) is 4.85. The molecule has 0 spiro atoms. The van der Waals surface area contributed by atoms with Crippen molar-refractivity contribution in [3.63, 3.8) is 0 Å². The van der Waals surface area contributed by atoms with Crippen molar-refractivity contribution in [2.45, 2.75) is 6.61 Å². The number of carbonyl (C=O) groups excluding carboxylic acids is 2. The highest BCUT2D eigenvalue weighted by atomic mass is 127. The van der Waals surface area contributed by atoms with Crippen molar-refractivity contribution in [1.82, 2.24) is 0 Å². The van der Waals surface area contributed by atoms with Crippen LogP contribution >= 0.6 is 22.6 Å². The molecule has 0 radical (unpaired) electrons. The minimum atomic E-state index is -2.96. The van der Waals surface area contributed by atoms with Gasteiger partial charge in [-0.05, 0) is 34.7 Å². The molecule has 0 aromatic heterocycles. The van der Waals surface area contributed by atoms with E-state index < -0.39 is 6.61 Å². The van der Waals surface area contributed by atoms with Gasteiger partial charge in [-0.3, -0.25) is 9.59 Å². The molecule has 1 rings (SSSR count). The lowest BCUT2D eigenvalue weighted by atomic mass is 10.1. The van der Waals surface area contributed by atoms with Gasteiger partial charge in [-0.15, -0.1) is 0 Å². The van der Waals surface area contributed by atoms with Gasteiger partial charge in [-0.25, -0.2) is 0 Å². The van der Waals surface area contributed by atoms with E-state index in [9.17, 15) is 18.4 Å². The lowest BCUT2D eigenvalue weighted by Crippen LogP contribution is -2.06. The van der Waals surface area contributed by atoms with Crippen LogP contribution in [0.15, 0.2) is 12.1 Å². The number of hydrogen-bond donors (Lipinski definition) is 0. The quantitative estimate of drug-likeness (QED) is 0.631. The molecule has 0 heterocycles. The predicted octanol–water partition coefficient (Wildman–Crippen LogP) is 2.52. The normalized spacial score (nSPS) is 10.1. The zero-order valence-corrected chi connectivity index (χ0v) is 9.40. The van der Waals surface area contributed by atoms with Gasteiger partial charge >= 0.3 is 6.61 Å². The summed E-state index contributed by atoms with van der Waals surface area (Å²) in [4.78, 5) is 21.2. The number of alkyl halides is 2. The Morgan fingerprint density at radius 3 is 2.40 bits per heavy atom. The molecular formula is C9H5F2IO3. The third-order valence-electron chi connectivity index (χ3n) is 1.64. The summed E-state index contributed by atoms with van der Waals surface area (Å²) in [5, 5.41) is 0. The summed E-state index contributed by atoms with van der Waals surface area (Å²) < 4.78 is 28.2. The van der Waals surface area contributed by atoms with E-state index in [2.05, 4.69) is 4.74 Å². The molecule has 0 fully saturated rings. The number of benzene rings is 1. The molecule has 0 unspecified atom stereocenters. The van der Waals surface area contributed by atoms with E-state index in [1.165, 1.54) is 12.1 Å². The molecule has 0 atom stereocenters. The van der Waals surface area contributed by atoms with Crippen molar-refractivity contribution in [3.8, 4) is 5.75 Å². The van der Waals surface area contributed by atoms with Crippen LogP contribution in [0.2, 0.25) is 0 Å². The van der Waals surface area contributed by atoms with E-state index in [4.69, 9.17) is 0 Å². The maximum atomic E-state index is 11.9. The first kappa shape index (κ1) is 12.0. The lowest BCUT2D eigenvalue weighted by molar-refractivity contribution is -0.0504. The topological polar surface area (TPSA) is 43.4 Å². The molecule has 0 saturated carbocycles.